The lowest BCUT2D eigenvalue weighted by Gasteiger charge is -2.37. The third-order valence-corrected chi connectivity index (χ3v) is 4.92. The molecule has 0 aromatic rings. The molecular weight excluding hydrogens is 260 g/mol. The van der Waals surface area contributed by atoms with Gasteiger partial charge < -0.3 is 15.4 Å². The van der Waals surface area contributed by atoms with Gasteiger partial charge in [0, 0.05) is 23.9 Å². The molecule has 1 amide bonds. The number of alkyl carbamates (subject to hydrolysis) is 1. The third kappa shape index (κ3) is 5.22. The van der Waals surface area contributed by atoms with E-state index in [1.165, 1.54) is 18.6 Å². The van der Waals surface area contributed by atoms with Gasteiger partial charge >= 0.3 is 6.09 Å². The number of ether oxygens (including phenoxy) is 1. The quantitative estimate of drug-likeness (QED) is 0.834. The highest BCUT2D eigenvalue weighted by atomic mass is 32.2. The van der Waals surface area contributed by atoms with Crippen LogP contribution in [0.2, 0.25) is 0 Å². The number of carbonyl (C=O) groups is 1. The SMILES string of the molecule is CC(C)(C)OC(=O)NC1CC(NCC2CCCS2)C1. The molecule has 0 spiro atoms. The molecule has 1 atom stereocenters. The second-order valence-electron chi connectivity index (χ2n) is 6.55. The first-order chi connectivity index (χ1) is 8.92. The van der Waals surface area contributed by atoms with Gasteiger partial charge in [-0.1, -0.05) is 0 Å². The number of hydrogen-bond acceptors (Lipinski definition) is 4. The number of rotatable bonds is 4. The lowest BCUT2D eigenvalue weighted by Crippen LogP contribution is -2.53. The zero-order valence-corrected chi connectivity index (χ0v) is 13.0. The lowest BCUT2D eigenvalue weighted by molar-refractivity contribution is 0.0465. The van der Waals surface area contributed by atoms with Crippen molar-refractivity contribution in [3.8, 4) is 0 Å². The summed E-state index contributed by atoms with van der Waals surface area (Å²) in [7, 11) is 0. The second kappa shape index (κ2) is 6.35. The van der Waals surface area contributed by atoms with Crippen molar-refractivity contribution in [1.29, 1.82) is 0 Å². The lowest BCUT2D eigenvalue weighted by atomic mass is 9.87. The third-order valence-electron chi connectivity index (χ3n) is 3.52. The fourth-order valence-corrected chi connectivity index (χ4v) is 3.69. The highest BCUT2D eigenvalue weighted by Gasteiger charge is 2.31. The maximum atomic E-state index is 11.6. The molecule has 4 nitrogen and oxygen atoms in total. The molecule has 0 aromatic carbocycles. The highest BCUT2D eigenvalue weighted by Crippen LogP contribution is 2.27. The Bertz CT molecular complexity index is 305. The van der Waals surface area contributed by atoms with Crippen LogP contribution in [0.3, 0.4) is 0 Å². The zero-order chi connectivity index (χ0) is 13.9. The molecule has 2 fully saturated rings. The van der Waals surface area contributed by atoms with Gasteiger partial charge in [-0.05, 0) is 52.2 Å². The van der Waals surface area contributed by atoms with Crippen LogP contribution in [0.15, 0.2) is 0 Å². The van der Waals surface area contributed by atoms with Crippen LogP contribution in [0, 0.1) is 0 Å². The van der Waals surface area contributed by atoms with Crippen LogP contribution in [-0.2, 0) is 4.74 Å². The number of carbonyl (C=O) groups excluding carboxylic acids is 1. The van der Waals surface area contributed by atoms with E-state index in [1.807, 2.05) is 20.8 Å². The van der Waals surface area contributed by atoms with E-state index in [1.54, 1.807) is 0 Å². The molecule has 2 N–H and O–H groups in total. The minimum atomic E-state index is -0.412. The van der Waals surface area contributed by atoms with Crippen LogP contribution >= 0.6 is 11.8 Å². The van der Waals surface area contributed by atoms with Crippen LogP contribution in [0.25, 0.3) is 0 Å². The standard InChI is InChI=1S/C14H26N2O2S/c1-14(2,3)18-13(17)16-11-7-10(8-11)15-9-12-5-4-6-19-12/h10-12,15H,4-9H2,1-3H3,(H,16,17). The topological polar surface area (TPSA) is 50.4 Å². The van der Waals surface area contributed by atoms with Crippen molar-refractivity contribution in [3.63, 3.8) is 0 Å². The van der Waals surface area contributed by atoms with Gasteiger partial charge in [0.1, 0.15) is 5.60 Å². The summed E-state index contributed by atoms with van der Waals surface area (Å²) < 4.78 is 5.25. The average Bonchev–Trinajstić information content (AvgIpc) is 2.71. The van der Waals surface area contributed by atoms with Gasteiger partial charge in [-0.15, -0.1) is 0 Å². The predicted octanol–water partition coefficient (Wildman–Crippen LogP) is 2.53. The van der Waals surface area contributed by atoms with E-state index in [0.717, 1.165) is 24.6 Å². The summed E-state index contributed by atoms with van der Waals surface area (Å²) in [5.41, 5.74) is -0.412. The summed E-state index contributed by atoms with van der Waals surface area (Å²) in [5.74, 6) is 1.32. The molecule has 1 unspecified atom stereocenters. The Morgan fingerprint density at radius 2 is 2.05 bits per heavy atom. The van der Waals surface area contributed by atoms with Crippen molar-refractivity contribution in [1.82, 2.24) is 10.6 Å². The first-order valence-electron chi connectivity index (χ1n) is 7.27. The Morgan fingerprint density at radius 1 is 1.32 bits per heavy atom. The highest BCUT2D eigenvalue weighted by molar-refractivity contribution is 8.00. The van der Waals surface area contributed by atoms with Gasteiger partial charge in [0.05, 0.1) is 0 Å². The van der Waals surface area contributed by atoms with Crippen molar-refractivity contribution >= 4 is 17.9 Å². The predicted molar refractivity (Wildman–Crippen MR) is 79.7 cm³/mol. The van der Waals surface area contributed by atoms with E-state index >= 15 is 0 Å². The van der Waals surface area contributed by atoms with Crippen LogP contribution in [-0.4, -0.2) is 41.3 Å². The Balaban J connectivity index is 1.54. The van der Waals surface area contributed by atoms with Crippen molar-refractivity contribution in [2.24, 2.45) is 0 Å². The van der Waals surface area contributed by atoms with Gasteiger partial charge in [-0.25, -0.2) is 4.79 Å². The number of hydrogen-bond donors (Lipinski definition) is 2. The number of nitrogens with one attached hydrogen (secondary N) is 2. The Morgan fingerprint density at radius 3 is 2.63 bits per heavy atom. The van der Waals surface area contributed by atoms with Gasteiger partial charge in [-0.2, -0.15) is 11.8 Å². The van der Waals surface area contributed by atoms with E-state index in [9.17, 15) is 4.79 Å². The first kappa shape index (κ1) is 15.0. The summed E-state index contributed by atoms with van der Waals surface area (Å²) >= 11 is 2.08. The molecule has 1 aliphatic heterocycles. The van der Waals surface area contributed by atoms with E-state index in [-0.39, 0.29) is 12.1 Å². The summed E-state index contributed by atoms with van der Waals surface area (Å²) in [5, 5.41) is 7.33. The summed E-state index contributed by atoms with van der Waals surface area (Å²) in [4.78, 5) is 11.6. The van der Waals surface area contributed by atoms with E-state index < -0.39 is 5.60 Å². The summed E-state index contributed by atoms with van der Waals surface area (Å²) in [6.45, 7) is 6.78. The Labute approximate surface area is 120 Å². The average molecular weight is 286 g/mol. The molecule has 0 aromatic heterocycles. The van der Waals surface area contributed by atoms with Gasteiger partial charge in [-0.3, -0.25) is 0 Å². The largest absolute Gasteiger partial charge is 0.444 e. The zero-order valence-electron chi connectivity index (χ0n) is 12.2. The van der Waals surface area contributed by atoms with Gasteiger partial charge in [0.2, 0.25) is 0 Å². The minimum absolute atomic E-state index is 0.281. The molecule has 2 rings (SSSR count). The Kier molecular flexibility index (Phi) is 5.01. The van der Waals surface area contributed by atoms with Crippen molar-refractivity contribution in [2.45, 2.75) is 69.4 Å². The molecule has 0 radical (unpaired) electrons. The van der Waals surface area contributed by atoms with E-state index in [4.69, 9.17) is 4.74 Å². The first-order valence-corrected chi connectivity index (χ1v) is 8.32. The number of amides is 1. The minimum Gasteiger partial charge on any atom is -0.444 e. The molecule has 1 aliphatic carbocycles. The summed E-state index contributed by atoms with van der Waals surface area (Å²) in [6, 6.07) is 0.852. The van der Waals surface area contributed by atoms with Gasteiger partial charge in [0.15, 0.2) is 0 Å². The maximum absolute atomic E-state index is 11.6. The molecule has 1 saturated heterocycles. The van der Waals surface area contributed by atoms with Crippen molar-refractivity contribution < 1.29 is 9.53 Å². The van der Waals surface area contributed by atoms with E-state index in [0.29, 0.717) is 6.04 Å². The molecule has 5 heteroatoms. The molecule has 19 heavy (non-hydrogen) atoms. The van der Waals surface area contributed by atoms with Crippen molar-refractivity contribution in [3.05, 3.63) is 0 Å². The monoisotopic (exact) mass is 286 g/mol. The maximum Gasteiger partial charge on any atom is 0.407 e. The van der Waals surface area contributed by atoms with Crippen LogP contribution in [0.5, 0.6) is 0 Å². The smallest absolute Gasteiger partial charge is 0.407 e. The molecule has 110 valence electrons. The molecule has 2 aliphatic rings. The Hall–Kier alpha value is -0.420. The van der Waals surface area contributed by atoms with E-state index in [2.05, 4.69) is 22.4 Å². The molecular formula is C14H26N2O2S. The van der Waals surface area contributed by atoms with Crippen molar-refractivity contribution in [2.75, 3.05) is 12.3 Å². The molecule has 1 heterocycles. The number of thioether (sulfide) groups is 1. The van der Waals surface area contributed by atoms with Gasteiger partial charge in [0.25, 0.3) is 0 Å². The fourth-order valence-electron chi connectivity index (χ4n) is 2.48. The second-order valence-corrected chi connectivity index (χ2v) is 7.96. The van der Waals surface area contributed by atoms with Crippen LogP contribution < -0.4 is 10.6 Å². The van der Waals surface area contributed by atoms with Crippen LogP contribution in [0.4, 0.5) is 4.79 Å². The van der Waals surface area contributed by atoms with Crippen LogP contribution in [0.1, 0.15) is 46.5 Å². The summed E-state index contributed by atoms with van der Waals surface area (Å²) in [6.07, 6.45) is 4.48. The normalized spacial score (nSPS) is 30.8. The molecule has 0 bridgehead atoms. The molecule has 1 saturated carbocycles. The fraction of sp³-hybridized carbons (Fsp3) is 0.929.